The van der Waals surface area contributed by atoms with E-state index < -0.39 is 15.8 Å². The van der Waals surface area contributed by atoms with Crippen molar-refractivity contribution in [2.24, 2.45) is 0 Å². The summed E-state index contributed by atoms with van der Waals surface area (Å²) in [6, 6.07) is 44.3. The Morgan fingerprint density at radius 3 is 1.26 bits per heavy atom. The standard InChI is InChI=1S/C26H23P2.CH2Cl.Pd/c1-5-13-23(14-6-1)27(24-15-7-2-8-16-24)21-22-28(25-17-9-3-10-18-25)26-19-11-4-12-20-26;1-2;/h1-21H,22H2;1H2;. The number of hydrogen-bond donors (Lipinski definition) is 0. The summed E-state index contributed by atoms with van der Waals surface area (Å²) in [6.07, 6.45) is 1.17. The van der Waals surface area contributed by atoms with Crippen molar-refractivity contribution < 1.29 is 18.0 Å². The second-order valence-corrected chi connectivity index (χ2v) is 15.4. The quantitative estimate of drug-likeness (QED) is 0.139. The molecule has 0 saturated carbocycles. The summed E-state index contributed by atoms with van der Waals surface area (Å²) in [6.45, 7) is 0. The van der Waals surface area contributed by atoms with Crippen molar-refractivity contribution in [3.05, 3.63) is 121 Å². The van der Waals surface area contributed by atoms with Gasteiger partial charge in [0.15, 0.2) is 0 Å². The Morgan fingerprint density at radius 2 is 0.903 bits per heavy atom. The molecule has 0 amide bonds. The van der Waals surface area contributed by atoms with Crippen LogP contribution in [0.5, 0.6) is 0 Å². The SMILES string of the molecule is Cl[CH2][Pd][CH](CP(c1ccccc1)c1ccccc1)P(c1ccccc1)c1ccccc1. The van der Waals surface area contributed by atoms with E-state index in [1.54, 1.807) is 0 Å². The van der Waals surface area contributed by atoms with Crippen LogP contribution in [0.2, 0.25) is 0 Å². The fraction of sp³-hybridized carbons (Fsp3) is 0.111. The van der Waals surface area contributed by atoms with Crippen molar-refractivity contribution in [3.8, 4) is 0 Å². The molecule has 0 bridgehead atoms. The van der Waals surface area contributed by atoms with Gasteiger partial charge in [0.2, 0.25) is 0 Å². The number of hydrogen-bond acceptors (Lipinski definition) is 0. The number of benzene rings is 4. The second kappa shape index (κ2) is 12.1. The molecule has 0 nitrogen and oxygen atoms in total. The van der Waals surface area contributed by atoms with Crippen LogP contribution in [-0.4, -0.2) is 14.6 Å². The molecule has 0 heterocycles. The average molecular weight is 553 g/mol. The first-order chi connectivity index (χ1) is 15.4. The maximum atomic E-state index is 6.43. The number of halogens is 1. The van der Waals surface area contributed by atoms with Gasteiger partial charge < -0.3 is 0 Å². The van der Waals surface area contributed by atoms with Crippen LogP contribution >= 0.6 is 27.4 Å². The van der Waals surface area contributed by atoms with Crippen molar-refractivity contribution >= 4 is 48.7 Å². The second-order valence-electron chi connectivity index (χ2n) is 6.93. The molecule has 0 radical (unpaired) electrons. The Kier molecular flexibility index (Phi) is 8.91. The predicted octanol–water partition coefficient (Wildman–Crippen LogP) is 5.86. The van der Waals surface area contributed by atoms with E-state index in [1.807, 2.05) is 0 Å². The Morgan fingerprint density at radius 1 is 0.548 bits per heavy atom. The minimum atomic E-state index is -0.479. The van der Waals surface area contributed by atoms with Gasteiger partial charge in [-0.15, -0.1) is 0 Å². The van der Waals surface area contributed by atoms with E-state index in [2.05, 4.69) is 121 Å². The zero-order chi connectivity index (χ0) is 21.3. The van der Waals surface area contributed by atoms with E-state index in [1.165, 1.54) is 27.4 Å². The first-order valence-corrected chi connectivity index (χ1v) is 15.7. The summed E-state index contributed by atoms with van der Waals surface area (Å²) in [7, 11) is -0.924. The maximum absolute atomic E-state index is 6.43. The van der Waals surface area contributed by atoms with Gasteiger partial charge in [-0.05, 0) is 0 Å². The predicted molar refractivity (Wildman–Crippen MR) is 138 cm³/mol. The molecule has 31 heavy (non-hydrogen) atoms. The molecule has 0 N–H and O–H groups in total. The van der Waals surface area contributed by atoms with Gasteiger partial charge in [-0.1, -0.05) is 0 Å². The molecular formula is C27H25ClP2Pd. The van der Waals surface area contributed by atoms with Crippen molar-refractivity contribution in [3.63, 3.8) is 0 Å². The van der Waals surface area contributed by atoms with Gasteiger partial charge >= 0.3 is 203 Å². The molecule has 4 aromatic rings. The molecule has 0 spiro atoms. The van der Waals surface area contributed by atoms with Crippen LogP contribution in [0.1, 0.15) is 0 Å². The van der Waals surface area contributed by atoms with Crippen LogP contribution in [0, 0.1) is 0 Å². The minimum absolute atomic E-state index is 0.445. The fourth-order valence-electron chi connectivity index (χ4n) is 3.58. The summed E-state index contributed by atoms with van der Waals surface area (Å²) >= 11 is 6.93. The van der Waals surface area contributed by atoms with Gasteiger partial charge in [0.05, 0.1) is 0 Å². The van der Waals surface area contributed by atoms with Crippen LogP contribution in [0.15, 0.2) is 121 Å². The van der Waals surface area contributed by atoms with Crippen LogP contribution in [-0.2, 0) is 18.0 Å². The molecule has 0 aromatic heterocycles. The molecule has 4 rings (SSSR count). The zero-order valence-corrected chi connectivity index (χ0v) is 21.2. The summed E-state index contributed by atoms with van der Waals surface area (Å²) < 4.78 is 1.31. The summed E-state index contributed by atoms with van der Waals surface area (Å²) in [5.74, 6) is 0. The Balaban J connectivity index is 1.76. The molecule has 0 aliphatic rings. The van der Waals surface area contributed by atoms with Gasteiger partial charge in [0.25, 0.3) is 0 Å². The molecule has 1 unspecified atom stereocenters. The topological polar surface area (TPSA) is 0 Å². The van der Waals surface area contributed by atoms with E-state index in [9.17, 15) is 0 Å². The van der Waals surface area contributed by atoms with E-state index in [0.717, 1.165) is 4.35 Å². The molecule has 0 fully saturated rings. The summed E-state index contributed by atoms with van der Waals surface area (Å²) in [4.78, 5) is 0. The van der Waals surface area contributed by atoms with Crippen molar-refractivity contribution in [1.29, 1.82) is 0 Å². The van der Waals surface area contributed by atoms with Crippen molar-refractivity contribution in [1.82, 2.24) is 0 Å². The van der Waals surface area contributed by atoms with E-state index in [4.69, 9.17) is 11.6 Å². The molecule has 1 atom stereocenters. The van der Waals surface area contributed by atoms with Crippen LogP contribution < -0.4 is 21.2 Å². The molecule has 4 aromatic carbocycles. The fourth-order valence-corrected chi connectivity index (χ4v) is 14.3. The van der Waals surface area contributed by atoms with Crippen LogP contribution in [0.4, 0.5) is 0 Å². The van der Waals surface area contributed by atoms with E-state index in [0.29, 0.717) is 22.1 Å². The summed E-state index contributed by atoms with van der Waals surface area (Å²) in [5, 5.41) is 5.81. The molecule has 160 valence electrons. The molecule has 4 heteroatoms. The van der Waals surface area contributed by atoms with Crippen LogP contribution in [0.3, 0.4) is 0 Å². The Bertz CT molecular complexity index is 951. The van der Waals surface area contributed by atoms with Crippen molar-refractivity contribution in [2.75, 3.05) is 10.5 Å². The third-order valence-electron chi connectivity index (χ3n) is 4.99. The van der Waals surface area contributed by atoms with Gasteiger partial charge in [0, 0.05) is 0 Å². The molecular weight excluding hydrogens is 528 g/mol. The first kappa shape index (κ1) is 22.9. The molecule has 0 aliphatic heterocycles. The molecule has 0 aliphatic carbocycles. The third kappa shape index (κ3) is 6.14. The van der Waals surface area contributed by atoms with Gasteiger partial charge in [-0.2, -0.15) is 0 Å². The average Bonchev–Trinajstić information content (AvgIpc) is 2.85. The number of rotatable bonds is 9. The zero-order valence-electron chi connectivity index (χ0n) is 17.1. The first-order valence-electron chi connectivity index (χ1n) is 10.2. The third-order valence-corrected chi connectivity index (χ3v) is 14.5. The molecule has 0 saturated heterocycles. The van der Waals surface area contributed by atoms with Crippen molar-refractivity contribution in [2.45, 2.75) is 4.13 Å². The Labute approximate surface area is 201 Å². The van der Waals surface area contributed by atoms with E-state index in [-0.39, 0.29) is 0 Å². The van der Waals surface area contributed by atoms with Gasteiger partial charge in [-0.3, -0.25) is 0 Å². The van der Waals surface area contributed by atoms with Gasteiger partial charge in [-0.25, -0.2) is 0 Å². The number of alkyl halides is 1. The normalized spacial score (nSPS) is 12.4. The van der Waals surface area contributed by atoms with E-state index >= 15 is 0 Å². The van der Waals surface area contributed by atoms with Crippen LogP contribution in [0.25, 0.3) is 0 Å². The monoisotopic (exact) mass is 552 g/mol. The Hall–Kier alpha value is -1.31. The van der Waals surface area contributed by atoms with Gasteiger partial charge in [0.1, 0.15) is 0 Å². The summed E-state index contributed by atoms with van der Waals surface area (Å²) in [5.41, 5.74) is 0.